The van der Waals surface area contributed by atoms with Crippen LogP contribution in [0.4, 0.5) is 0 Å². The molecule has 0 saturated carbocycles. The van der Waals surface area contributed by atoms with E-state index in [4.69, 9.17) is 4.74 Å². The predicted molar refractivity (Wildman–Crippen MR) is 138 cm³/mol. The number of piperidine rings is 1. The van der Waals surface area contributed by atoms with Crippen LogP contribution < -0.4 is 10.6 Å². The van der Waals surface area contributed by atoms with Crippen LogP contribution in [0.1, 0.15) is 49.4 Å². The molecule has 0 amide bonds. The van der Waals surface area contributed by atoms with Crippen LogP contribution in [0.5, 0.6) is 0 Å². The predicted octanol–water partition coefficient (Wildman–Crippen LogP) is 3.56. The number of guanidine groups is 1. The third-order valence-corrected chi connectivity index (χ3v) is 6.91. The summed E-state index contributed by atoms with van der Waals surface area (Å²) < 4.78 is 5.54. The van der Waals surface area contributed by atoms with Gasteiger partial charge in [0.25, 0.3) is 0 Å². The highest BCUT2D eigenvalue weighted by Crippen LogP contribution is 2.25. The highest BCUT2D eigenvalue weighted by molar-refractivity contribution is 14.0. The van der Waals surface area contributed by atoms with E-state index in [1.807, 2.05) is 18.4 Å². The molecular formula is C22H40IN5OS. The van der Waals surface area contributed by atoms with Gasteiger partial charge in [0.1, 0.15) is 0 Å². The summed E-state index contributed by atoms with van der Waals surface area (Å²) in [4.78, 5) is 11.0. The minimum Gasteiger partial charge on any atom is -0.379 e. The molecule has 3 heterocycles. The van der Waals surface area contributed by atoms with E-state index in [0.717, 1.165) is 45.4 Å². The molecule has 2 aliphatic heterocycles. The van der Waals surface area contributed by atoms with E-state index in [1.54, 1.807) is 0 Å². The molecule has 1 unspecified atom stereocenters. The van der Waals surface area contributed by atoms with Gasteiger partial charge in [0.05, 0.1) is 19.3 Å². The van der Waals surface area contributed by atoms with Crippen LogP contribution in [0.25, 0.3) is 0 Å². The Morgan fingerprint density at radius 3 is 2.60 bits per heavy atom. The second kappa shape index (κ2) is 15.4. The van der Waals surface area contributed by atoms with Crippen LogP contribution >= 0.6 is 35.3 Å². The molecule has 1 aromatic heterocycles. The van der Waals surface area contributed by atoms with Crippen molar-refractivity contribution in [2.75, 3.05) is 66.1 Å². The van der Waals surface area contributed by atoms with Crippen molar-refractivity contribution in [3.63, 3.8) is 0 Å². The van der Waals surface area contributed by atoms with Crippen molar-refractivity contribution in [2.24, 2.45) is 4.99 Å². The van der Waals surface area contributed by atoms with E-state index in [0.29, 0.717) is 6.04 Å². The van der Waals surface area contributed by atoms with Crippen molar-refractivity contribution in [3.8, 4) is 0 Å². The van der Waals surface area contributed by atoms with Crippen molar-refractivity contribution in [3.05, 3.63) is 22.4 Å². The smallest absolute Gasteiger partial charge is 0.191 e. The minimum absolute atomic E-state index is 0. The summed E-state index contributed by atoms with van der Waals surface area (Å²) in [7, 11) is 1.86. The summed E-state index contributed by atoms with van der Waals surface area (Å²) in [5.74, 6) is 0.913. The molecule has 2 saturated heterocycles. The molecule has 3 rings (SSSR count). The molecule has 30 heavy (non-hydrogen) atoms. The van der Waals surface area contributed by atoms with Gasteiger partial charge in [0.15, 0.2) is 5.96 Å². The maximum absolute atomic E-state index is 5.54. The Kier molecular flexibility index (Phi) is 13.3. The fraction of sp³-hybridized carbons (Fsp3) is 0.773. The summed E-state index contributed by atoms with van der Waals surface area (Å²) in [5, 5.41) is 9.22. The van der Waals surface area contributed by atoms with Gasteiger partial charge < -0.3 is 20.3 Å². The second-order valence-electron chi connectivity index (χ2n) is 8.02. The van der Waals surface area contributed by atoms with Crippen LogP contribution in [-0.2, 0) is 4.74 Å². The Labute approximate surface area is 203 Å². The molecule has 2 N–H and O–H groups in total. The van der Waals surface area contributed by atoms with Gasteiger partial charge in [-0.05, 0) is 56.8 Å². The highest BCUT2D eigenvalue weighted by Gasteiger charge is 2.23. The molecule has 6 nitrogen and oxygen atoms in total. The van der Waals surface area contributed by atoms with Crippen LogP contribution in [-0.4, -0.2) is 81.8 Å². The fourth-order valence-corrected chi connectivity index (χ4v) is 5.08. The number of rotatable bonds is 10. The molecule has 172 valence electrons. The quantitative estimate of drug-likeness (QED) is 0.202. The lowest BCUT2D eigenvalue weighted by molar-refractivity contribution is 0.0177. The number of thiophene rings is 1. The monoisotopic (exact) mass is 549 g/mol. The molecule has 0 spiro atoms. The number of unbranched alkanes of at least 4 members (excludes halogenated alkanes) is 2. The van der Waals surface area contributed by atoms with E-state index in [9.17, 15) is 0 Å². The lowest BCUT2D eigenvalue weighted by Crippen LogP contribution is -2.46. The van der Waals surface area contributed by atoms with Gasteiger partial charge in [0.2, 0.25) is 0 Å². The first kappa shape index (κ1) is 25.8. The van der Waals surface area contributed by atoms with Crippen molar-refractivity contribution in [2.45, 2.75) is 44.6 Å². The SMILES string of the molecule is CN=C(NCCCCCN1CCCCC1)NCC(c1cccs1)N1CCOCC1.I. The summed E-state index contributed by atoms with van der Waals surface area (Å²) in [6.07, 6.45) is 8.00. The summed E-state index contributed by atoms with van der Waals surface area (Å²) in [5.41, 5.74) is 0. The second-order valence-corrected chi connectivity index (χ2v) is 9.00. The van der Waals surface area contributed by atoms with Crippen LogP contribution in [0, 0.1) is 0 Å². The molecule has 2 aliphatic rings. The third kappa shape index (κ3) is 8.98. The number of aliphatic imine (C=N–C) groups is 1. The van der Waals surface area contributed by atoms with Gasteiger partial charge >= 0.3 is 0 Å². The van der Waals surface area contributed by atoms with Gasteiger partial charge in [0, 0.05) is 38.1 Å². The molecule has 8 heteroatoms. The van der Waals surface area contributed by atoms with Gasteiger partial charge in [-0.2, -0.15) is 0 Å². The minimum atomic E-state index is 0. The number of morpholine rings is 1. The van der Waals surface area contributed by atoms with Crippen LogP contribution in [0.3, 0.4) is 0 Å². The molecule has 2 fully saturated rings. The molecule has 0 aromatic carbocycles. The van der Waals surface area contributed by atoms with Gasteiger partial charge in [-0.25, -0.2) is 0 Å². The topological polar surface area (TPSA) is 52.1 Å². The van der Waals surface area contributed by atoms with Crippen LogP contribution in [0.15, 0.2) is 22.5 Å². The zero-order valence-corrected chi connectivity index (χ0v) is 21.6. The fourth-order valence-electron chi connectivity index (χ4n) is 4.22. The first-order valence-corrected chi connectivity index (χ1v) is 12.3. The van der Waals surface area contributed by atoms with E-state index >= 15 is 0 Å². The number of nitrogens with zero attached hydrogens (tertiary/aromatic N) is 3. The third-order valence-electron chi connectivity index (χ3n) is 5.94. The Bertz CT molecular complexity index is 574. The average molecular weight is 550 g/mol. The van der Waals surface area contributed by atoms with Crippen molar-refractivity contribution < 1.29 is 4.74 Å². The van der Waals surface area contributed by atoms with E-state index in [1.165, 1.54) is 63.0 Å². The van der Waals surface area contributed by atoms with Crippen molar-refractivity contribution in [1.29, 1.82) is 0 Å². The Morgan fingerprint density at radius 2 is 1.90 bits per heavy atom. The van der Waals surface area contributed by atoms with Gasteiger partial charge in [-0.3, -0.25) is 9.89 Å². The summed E-state index contributed by atoms with van der Waals surface area (Å²) in [6.45, 7) is 9.39. The van der Waals surface area contributed by atoms with Gasteiger partial charge in [-0.15, -0.1) is 35.3 Å². The largest absolute Gasteiger partial charge is 0.379 e. The number of hydrogen-bond acceptors (Lipinski definition) is 5. The van der Waals surface area contributed by atoms with E-state index < -0.39 is 0 Å². The first-order chi connectivity index (χ1) is 14.4. The van der Waals surface area contributed by atoms with E-state index in [-0.39, 0.29) is 24.0 Å². The van der Waals surface area contributed by atoms with E-state index in [2.05, 4.69) is 42.9 Å². The molecule has 0 aliphatic carbocycles. The Hall–Kier alpha value is -0.420. The molecule has 0 radical (unpaired) electrons. The summed E-state index contributed by atoms with van der Waals surface area (Å²) in [6, 6.07) is 4.76. The number of nitrogens with one attached hydrogen (secondary N) is 2. The maximum atomic E-state index is 5.54. The van der Waals surface area contributed by atoms with Crippen molar-refractivity contribution >= 4 is 41.3 Å². The van der Waals surface area contributed by atoms with Crippen LogP contribution in [0.2, 0.25) is 0 Å². The highest BCUT2D eigenvalue weighted by atomic mass is 127. The lowest BCUT2D eigenvalue weighted by atomic mass is 10.1. The molecule has 1 atom stereocenters. The Morgan fingerprint density at radius 1 is 1.10 bits per heavy atom. The molecular weight excluding hydrogens is 509 g/mol. The normalized spacial score (nSPS) is 19.8. The zero-order chi connectivity index (χ0) is 20.2. The maximum Gasteiger partial charge on any atom is 0.191 e. The standard InChI is InChI=1S/C22H39N5OS.HI/c1-23-22(24-10-4-2-5-11-26-12-6-3-7-13-26)25-19-20(21-9-8-18-29-21)27-14-16-28-17-15-27;/h8-9,18,20H,2-7,10-17,19H2,1H3,(H2,23,24,25);1H. The zero-order valence-electron chi connectivity index (χ0n) is 18.5. The lowest BCUT2D eigenvalue weighted by Gasteiger charge is -2.34. The number of likely N-dealkylation sites (tertiary alicyclic amines) is 1. The average Bonchev–Trinajstić information content (AvgIpc) is 3.31. The molecule has 0 bridgehead atoms. The van der Waals surface area contributed by atoms with Gasteiger partial charge in [-0.1, -0.05) is 18.9 Å². The number of hydrogen-bond donors (Lipinski definition) is 2. The summed E-state index contributed by atoms with van der Waals surface area (Å²) >= 11 is 1.84. The Balaban J connectivity index is 0.00000320. The molecule has 1 aromatic rings. The van der Waals surface area contributed by atoms with Crippen molar-refractivity contribution in [1.82, 2.24) is 20.4 Å². The number of ether oxygens (including phenoxy) is 1. The number of halogens is 1. The first-order valence-electron chi connectivity index (χ1n) is 11.4.